The van der Waals surface area contributed by atoms with E-state index in [4.69, 9.17) is 4.74 Å². The Morgan fingerprint density at radius 3 is 2.28 bits per heavy atom. The van der Waals surface area contributed by atoms with E-state index < -0.39 is 0 Å². The lowest BCUT2D eigenvalue weighted by Crippen LogP contribution is -2.49. The summed E-state index contributed by atoms with van der Waals surface area (Å²) in [5.41, 5.74) is 1.57. The van der Waals surface area contributed by atoms with Crippen molar-refractivity contribution in [3.05, 3.63) is 90.0 Å². The summed E-state index contributed by atoms with van der Waals surface area (Å²) in [5, 5.41) is 0. The van der Waals surface area contributed by atoms with Gasteiger partial charge in [-0.1, -0.05) is 36.4 Å². The summed E-state index contributed by atoms with van der Waals surface area (Å²) in [4.78, 5) is 23.8. The molecule has 1 aromatic heterocycles. The monoisotopic (exact) mass is 432 g/mol. The Morgan fingerprint density at radius 2 is 1.62 bits per heavy atom. The van der Waals surface area contributed by atoms with Gasteiger partial charge in [-0.2, -0.15) is 0 Å². The van der Waals surface area contributed by atoms with E-state index in [9.17, 15) is 9.18 Å². The molecule has 2 aromatic carbocycles. The fourth-order valence-electron chi connectivity index (χ4n) is 3.55. The largest absolute Gasteiger partial charge is 0.485 e. The highest BCUT2D eigenvalue weighted by atomic mass is 19.1. The molecule has 7 heteroatoms. The highest BCUT2D eigenvalue weighted by molar-refractivity contribution is 5.73. The molecule has 0 spiro atoms. The van der Waals surface area contributed by atoms with Crippen LogP contribution in [-0.2, 0) is 0 Å². The summed E-state index contributed by atoms with van der Waals surface area (Å²) in [5.74, 6) is 0.989. The van der Waals surface area contributed by atoms with Crippen LogP contribution in [0.3, 0.4) is 0 Å². The summed E-state index contributed by atoms with van der Waals surface area (Å²) in [7, 11) is 0. The molecule has 0 N–H and O–H groups in total. The van der Waals surface area contributed by atoms with Gasteiger partial charge in [0.2, 0.25) is 5.95 Å². The first-order valence-electron chi connectivity index (χ1n) is 10.6. The Morgan fingerprint density at radius 1 is 0.938 bits per heavy atom. The fourth-order valence-corrected chi connectivity index (χ4v) is 3.55. The Labute approximate surface area is 187 Å². The van der Waals surface area contributed by atoms with Gasteiger partial charge in [0.15, 0.2) is 6.29 Å². The van der Waals surface area contributed by atoms with E-state index in [1.165, 1.54) is 12.1 Å². The van der Waals surface area contributed by atoms with Crippen LogP contribution in [0.25, 0.3) is 6.08 Å². The summed E-state index contributed by atoms with van der Waals surface area (Å²) in [6, 6.07) is 16.2. The van der Waals surface area contributed by atoms with Crippen LogP contribution in [0.1, 0.15) is 15.9 Å². The van der Waals surface area contributed by atoms with E-state index in [-0.39, 0.29) is 11.9 Å². The van der Waals surface area contributed by atoms with Crippen LogP contribution in [-0.4, -0.2) is 60.0 Å². The Balaban J connectivity index is 1.39. The van der Waals surface area contributed by atoms with Crippen molar-refractivity contribution in [2.24, 2.45) is 0 Å². The minimum absolute atomic E-state index is 0.185. The van der Waals surface area contributed by atoms with Crippen molar-refractivity contribution in [3.8, 4) is 5.75 Å². The molecule has 1 atom stereocenters. The minimum atomic E-state index is -0.284. The van der Waals surface area contributed by atoms with Crippen LogP contribution in [0.15, 0.2) is 73.1 Å². The van der Waals surface area contributed by atoms with Gasteiger partial charge in [-0.3, -0.25) is 9.69 Å². The van der Waals surface area contributed by atoms with Gasteiger partial charge < -0.3 is 9.64 Å². The lowest BCUT2D eigenvalue weighted by atomic mass is 10.1. The SMILES string of the molecule is O=Cc1cnc(N2CCN(CC(/C=C/c3ccccc3)Oc3ccc(F)cc3)CC2)nc1. The number of aromatic nitrogens is 2. The topological polar surface area (TPSA) is 58.6 Å². The maximum Gasteiger partial charge on any atom is 0.225 e. The summed E-state index contributed by atoms with van der Waals surface area (Å²) >= 11 is 0. The second-order valence-electron chi connectivity index (χ2n) is 7.60. The number of aldehydes is 1. The maximum atomic E-state index is 13.3. The van der Waals surface area contributed by atoms with Gasteiger partial charge in [-0.25, -0.2) is 14.4 Å². The molecular weight excluding hydrogens is 407 g/mol. The smallest absolute Gasteiger partial charge is 0.225 e. The first kappa shape index (κ1) is 21.6. The molecule has 1 fully saturated rings. The molecule has 0 amide bonds. The van der Waals surface area contributed by atoms with E-state index in [1.54, 1.807) is 24.5 Å². The Bertz CT molecular complexity index is 1020. The first-order valence-corrected chi connectivity index (χ1v) is 10.6. The molecule has 1 aliphatic heterocycles. The quantitative estimate of drug-likeness (QED) is 0.506. The van der Waals surface area contributed by atoms with Gasteiger partial charge in [-0.05, 0) is 35.9 Å². The number of nitrogens with zero attached hydrogens (tertiary/aromatic N) is 4. The number of carbonyl (C=O) groups is 1. The fraction of sp³-hybridized carbons (Fsp3) is 0.240. The van der Waals surface area contributed by atoms with Crippen molar-refractivity contribution in [1.82, 2.24) is 14.9 Å². The standard InChI is InChI=1S/C25H25FN4O2/c26-22-7-10-23(11-8-22)32-24(9-6-20-4-2-1-3-5-20)18-29-12-14-30(15-13-29)25-27-16-21(19-31)17-28-25/h1-11,16-17,19,24H,12-15,18H2/b9-6+. The summed E-state index contributed by atoms with van der Waals surface area (Å²) in [6.07, 6.45) is 7.74. The van der Waals surface area contributed by atoms with Crippen LogP contribution < -0.4 is 9.64 Å². The molecular formula is C25H25FN4O2. The third-order valence-corrected chi connectivity index (χ3v) is 5.29. The number of ether oxygens (including phenoxy) is 1. The molecule has 0 aliphatic carbocycles. The number of benzene rings is 2. The first-order chi connectivity index (χ1) is 15.7. The number of carbonyl (C=O) groups excluding carboxylic acids is 1. The molecule has 6 nitrogen and oxygen atoms in total. The predicted octanol–water partition coefficient (Wildman–Crippen LogP) is 3.71. The lowest BCUT2D eigenvalue weighted by molar-refractivity contribution is 0.112. The van der Waals surface area contributed by atoms with E-state index in [1.807, 2.05) is 42.5 Å². The second-order valence-corrected chi connectivity index (χ2v) is 7.60. The molecule has 4 rings (SSSR count). The molecule has 1 saturated heterocycles. The van der Waals surface area contributed by atoms with Crippen LogP contribution >= 0.6 is 0 Å². The molecule has 3 aromatic rings. The van der Waals surface area contributed by atoms with Crippen molar-refractivity contribution in [2.75, 3.05) is 37.6 Å². The minimum Gasteiger partial charge on any atom is -0.485 e. The average molecular weight is 432 g/mol. The van der Waals surface area contributed by atoms with Crippen LogP contribution in [0.2, 0.25) is 0 Å². The van der Waals surface area contributed by atoms with E-state index in [0.29, 0.717) is 23.8 Å². The zero-order chi connectivity index (χ0) is 22.2. The number of rotatable bonds is 8. The number of hydrogen-bond donors (Lipinski definition) is 0. The lowest BCUT2D eigenvalue weighted by Gasteiger charge is -2.36. The van der Waals surface area contributed by atoms with Crippen LogP contribution in [0.4, 0.5) is 10.3 Å². The average Bonchev–Trinajstić information content (AvgIpc) is 2.85. The van der Waals surface area contributed by atoms with Crippen molar-refractivity contribution in [3.63, 3.8) is 0 Å². The number of halogens is 1. The third-order valence-electron chi connectivity index (χ3n) is 5.29. The molecule has 1 aliphatic rings. The molecule has 164 valence electrons. The molecule has 0 radical (unpaired) electrons. The normalized spacial score (nSPS) is 15.6. The Hall–Kier alpha value is -3.58. The molecule has 0 bridgehead atoms. The summed E-state index contributed by atoms with van der Waals surface area (Å²) in [6.45, 7) is 3.94. The highest BCUT2D eigenvalue weighted by Crippen LogP contribution is 2.17. The predicted molar refractivity (Wildman–Crippen MR) is 122 cm³/mol. The number of anilines is 1. The zero-order valence-corrected chi connectivity index (χ0v) is 17.7. The van der Waals surface area contributed by atoms with Gasteiger partial charge in [0, 0.05) is 45.1 Å². The number of hydrogen-bond acceptors (Lipinski definition) is 6. The van der Waals surface area contributed by atoms with Gasteiger partial charge >= 0.3 is 0 Å². The van der Waals surface area contributed by atoms with Crippen molar-refractivity contribution in [1.29, 1.82) is 0 Å². The van der Waals surface area contributed by atoms with Crippen molar-refractivity contribution >= 4 is 18.3 Å². The third kappa shape index (κ3) is 5.98. The van der Waals surface area contributed by atoms with Crippen LogP contribution in [0.5, 0.6) is 5.75 Å². The second kappa shape index (κ2) is 10.6. The van der Waals surface area contributed by atoms with E-state index >= 15 is 0 Å². The van der Waals surface area contributed by atoms with Gasteiger partial charge in [0.25, 0.3) is 0 Å². The van der Waals surface area contributed by atoms with Crippen LogP contribution in [0, 0.1) is 5.82 Å². The molecule has 1 unspecified atom stereocenters. The van der Waals surface area contributed by atoms with E-state index in [2.05, 4.69) is 19.8 Å². The highest BCUT2D eigenvalue weighted by Gasteiger charge is 2.21. The maximum absolute atomic E-state index is 13.3. The molecule has 32 heavy (non-hydrogen) atoms. The van der Waals surface area contributed by atoms with Crippen molar-refractivity contribution in [2.45, 2.75) is 6.10 Å². The number of piperazine rings is 1. The Kier molecular flexibility index (Phi) is 7.19. The van der Waals surface area contributed by atoms with Gasteiger partial charge in [0.05, 0.1) is 5.56 Å². The van der Waals surface area contributed by atoms with E-state index in [0.717, 1.165) is 38.0 Å². The van der Waals surface area contributed by atoms with Gasteiger partial charge in [-0.15, -0.1) is 0 Å². The molecule has 2 heterocycles. The zero-order valence-electron chi connectivity index (χ0n) is 17.7. The van der Waals surface area contributed by atoms with Gasteiger partial charge in [0.1, 0.15) is 17.7 Å². The summed E-state index contributed by atoms with van der Waals surface area (Å²) < 4.78 is 19.4. The molecule has 0 saturated carbocycles. The van der Waals surface area contributed by atoms with Crippen molar-refractivity contribution < 1.29 is 13.9 Å².